The minimum Gasteiger partial charge on any atom is -0.463 e. The summed E-state index contributed by atoms with van der Waals surface area (Å²) in [5.41, 5.74) is 6.07. The molecule has 0 radical (unpaired) electrons. The van der Waals surface area contributed by atoms with E-state index >= 15 is 0 Å². The van der Waals surface area contributed by atoms with E-state index in [9.17, 15) is 33.6 Å². The summed E-state index contributed by atoms with van der Waals surface area (Å²) in [6.07, 6.45) is -15.1. The molecular weight excluding hydrogens is 598 g/mol. The number of carbonyl (C=O) groups excluding carboxylic acids is 7. The van der Waals surface area contributed by atoms with Crippen molar-refractivity contribution in [2.24, 2.45) is 5.73 Å². The van der Waals surface area contributed by atoms with Crippen molar-refractivity contribution >= 4 is 41.8 Å². The van der Waals surface area contributed by atoms with E-state index in [4.69, 9.17) is 53.1 Å². The standard InChI is InChI=1S/C26H37NO17/c1-10(28)35-8-17-20(21(38-13(4)31)23(25(27)42-17)40-15(6)33)44-26-24(41-16(7)34)22(39-14(5)32)19(37-12(3)30)18(43-26)9-36-11(2)29/h17-26H,8-9,27H2,1-7H3/t17-,18-,19-,20-,21+,22+,23+,24+,25?,26+/m1/s1. The number of nitrogens with two attached hydrogens (primary N) is 1. The second-order valence-corrected chi connectivity index (χ2v) is 9.76. The fraction of sp³-hybridized carbons (Fsp3) is 0.731. The Balaban J connectivity index is 2.66. The second kappa shape index (κ2) is 16.3. The van der Waals surface area contributed by atoms with Crippen molar-refractivity contribution < 1.29 is 80.9 Å². The van der Waals surface area contributed by atoms with Gasteiger partial charge < -0.3 is 53.1 Å². The van der Waals surface area contributed by atoms with E-state index in [0.717, 1.165) is 48.5 Å². The van der Waals surface area contributed by atoms with Gasteiger partial charge >= 0.3 is 41.8 Å². The largest absolute Gasteiger partial charge is 0.463 e. The van der Waals surface area contributed by atoms with Gasteiger partial charge in [0.2, 0.25) is 0 Å². The third-order valence-electron chi connectivity index (χ3n) is 5.96. The summed E-state index contributed by atoms with van der Waals surface area (Å²) < 4.78 is 54.8. The van der Waals surface area contributed by atoms with Gasteiger partial charge in [-0.3, -0.25) is 33.6 Å². The average molecular weight is 636 g/mol. The molecule has 2 N–H and O–H groups in total. The van der Waals surface area contributed by atoms with E-state index in [1.54, 1.807) is 0 Å². The Hall–Kier alpha value is -3.87. The van der Waals surface area contributed by atoms with E-state index in [0.29, 0.717) is 0 Å². The highest BCUT2D eigenvalue weighted by Crippen LogP contribution is 2.34. The van der Waals surface area contributed by atoms with Crippen LogP contribution in [0.4, 0.5) is 0 Å². The zero-order valence-corrected chi connectivity index (χ0v) is 25.2. The quantitative estimate of drug-likeness (QED) is 0.202. The van der Waals surface area contributed by atoms with Gasteiger partial charge in [0.05, 0.1) is 0 Å². The molecule has 0 aromatic rings. The molecule has 2 aliphatic heterocycles. The predicted molar refractivity (Wildman–Crippen MR) is 137 cm³/mol. The molecule has 18 nitrogen and oxygen atoms in total. The van der Waals surface area contributed by atoms with Gasteiger partial charge in [-0.25, -0.2) is 0 Å². The maximum absolute atomic E-state index is 12.2. The van der Waals surface area contributed by atoms with Crippen LogP contribution in [0, 0.1) is 0 Å². The number of rotatable bonds is 11. The highest BCUT2D eigenvalue weighted by atomic mass is 16.8. The maximum Gasteiger partial charge on any atom is 0.303 e. The van der Waals surface area contributed by atoms with E-state index < -0.39 is 116 Å². The highest BCUT2D eigenvalue weighted by Gasteiger charge is 2.57. The summed E-state index contributed by atoms with van der Waals surface area (Å²) in [6.45, 7) is 6.39. The zero-order valence-electron chi connectivity index (χ0n) is 25.2. The molecule has 2 saturated heterocycles. The van der Waals surface area contributed by atoms with Gasteiger partial charge in [-0.2, -0.15) is 0 Å². The van der Waals surface area contributed by atoms with Crippen LogP contribution in [0.1, 0.15) is 48.5 Å². The molecule has 18 heteroatoms. The van der Waals surface area contributed by atoms with Crippen molar-refractivity contribution in [3.8, 4) is 0 Å². The molecular formula is C26H37NO17. The first-order valence-electron chi connectivity index (χ1n) is 13.3. The lowest BCUT2D eigenvalue weighted by atomic mass is 9.95. The summed E-state index contributed by atoms with van der Waals surface area (Å²) in [5, 5.41) is 0. The van der Waals surface area contributed by atoms with Crippen molar-refractivity contribution in [1.29, 1.82) is 0 Å². The Morgan fingerprint density at radius 3 is 1.27 bits per heavy atom. The normalized spacial score (nSPS) is 31.5. The maximum atomic E-state index is 12.2. The van der Waals surface area contributed by atoms with Crippen molar-refractivity contribution in [2.45, 2.75) is 110 Å². The van der Waals surface area contributed by atoms with Crippen LogP contribution < -0.4 is 5.73 Å². The van der Waals surface area contributed by atoms with Gasteiger partial charge in [0, 0.05) is 48.5 Å². The Kier molecular flexibility index (Phi) is 13.4. The molecule has 0 spiro atoms. The first-order chi connectivity index (χ1) is 20.5. The molecule has 2 heterocycles. The van der Waals surface area contributed by atoms with Crippen molar-refractivity contribution in [3.05, 3.63) is 0 Å². The van der Waals surface area contributed by atoms with Crippen LogP contribution in [0.3, 0.4) is 0 Å². The van der Waals surface area contributed by atoms with Crippen LogP contribution in [0.15, 0.2) is 0 Å². The molecule has 2 aliphatic rings. The van der Waals surface area contributed by atoms with E-state index in [1.807, 2.05) is 0 Å². The van der Waals surface area contributed by atoms with Gasteiger partial charge in [-0.05, 0) is 0 Å². The summed E-state index contributed by atoms with van der Waals surface area (Å²) in [5.74, 6) is -5.79. The van der Waals surface area contributed by atoms with Crippen LogP contribution in [0.25, 0.3) is 0 Å². The van der Waals surface area contributed by atoms with Crippen molar-refractivity contribution in [3.63, 3.8) is 0 Å². The molecule has 10 atom stereocenters. The highest BCUT2D eigenvalue weighted by molar-refractivity contribution is 5.69. The number of hydrogen-bond donors (Lipinski definition) is 1. The van der Waals surface area contributed by atoms with Crippen LogP contribution >= 0.6 is 0 Å². The Morgan fingerprint density at radius 2 is 0.841 bits per heavy atom. The van der Waals surface area contributed by atoms with Crippen LogP contribution in [-0.4, -0.2) is 116 Å². The summed E-state index contributed by atoms with van der Waals surface area (Å²) in [6, 6.07) is 0. The molecule has 0 aliphatic carbocycles. The lowest BCUT2D eigenvalue weighted by molar-refractivity contribution is -0.344. The third-order valence-corrected chi connectivity index (χ3v) is 5.96. The number of ether oxygens (including phenoxy) is 10. The van der Waals surface area contributed by atoms with Crippen LogP contribution in [0.5, 0.6) is 0 Å². The van der Waals surface area contributed by atoms with Gasteiger partial charge in [0.15, 0.2) is 36.8 Å². The summed E-state index contributed by atoms with van der Waals surface area (Å²) in [7, 11) is 0. The molecule has 44 heavy (non-hydrogen) atoms. The van der Waals surface area contributed by atoms with Crippen molar-refractivity contribution in [2.75, 3.05) is 13.2 Å². The number of esters is 7. The molecule has 0 saturated carbocycles. The fourth-order valence-electron chi connectivity index (χ4n) is 4.55. The lowest BCUT2D eigenvalue weighted by Crippen LogP contribution is -2.68. The van der Waals surface area contributed by atoms with E-state index in [-0.39, 0.29) is 0 Å². The van der Waals surface area contributed by atoms with Crippen LogP contribution in [-0.2, 0) is 80.9 Å². The monoisotopic (exact) mass is 635 g/mol. The molecule has 2 fully saturated rings. The van der Waals surface area contributed by atoms with E-state index in [2.05, 4.69) is 0 Å². The second-order valence-electron chi connectivity index (χ2n) is 9.76. The molecule has 248 valence electrons. The molecule has 2 rings (SSSR count). The smallest absolute Gasteiger partial charge is 0.303 e. The molecule has 0 bridgehead atoms. The first-order valence-corrected chi connectivity index (χ1v) is 13.3. The molecule has 1 unspecified atom stereocenters. The average Bonchev–Trinajstić information content (AvgIpc) is 2.87. The van der Waals surface area contributed by atoms with Gasteiger partial charge in [0.1, 0.15) is 37.8 Å². The van der Waals surface area contributed by atoms with Gasteiger partial charge in [0.25, 0.3) is 0 Å². The fourth-order valence-corrected chi connectivity index (χ4v) is 4.55. The minimum atomic E-state index is -1.76. The molecule has 0 aromatic carbocycles. The first kappa shape index (κ1) is 36.3. The summed E-state index contributed by atoms with van der Waals surface area (Å²) in [4.78, 5) is 83.6. The lowest BCUT2D eigenvalue weighted by Gasteiger charge is -2.48. The third kappa shape index (κ3) is 10.7. The summed E-state index contributed by atoms with van der Waals surface area (Å²) >= 11 is 0. The molecule has 0 aromatic heterocycles. The predicted octanol–water partition coefficient (Wildman–Crippen LogP) is -1.44. The van der Waals surface area contributed by atoms with Gasteiger partial charge in [-0.1, -0.05) is 0 Å². The zero-order chi connectivity index (χ0) is 33.3. The SMILES string of the molecule is CC(=O)OC[C@H]1O[C@@H](O[C@H]2[C@H](OC(C)=O)[C@H](OC(C)=O)C(N)O[C@@H]2COC(C)=O)[C@@H](OC(C)=O)[C@@H](OC(C)=O)[C@@H]1OC(C)=O. The Bertz CT molecular complexity index is 1090. The van der Waals surface area contributed by atoms with E-state index in [1.165, 1.54) is 0 Å². The Labute approximate surface area is 251 Å². The van der Waals surface area contributed by atoms with Gasteiger partial charge in [-0.15, -0.1) is 0 Å². The molecule has 0 amide bonds. The topological polar surface area (TPSA) is 238 Å². The van der Waals surface area contributed by atoms with Crippen LogP contribution in [0.2, 0.25) is 0 Å². The minimum absolute atomic E-state index is 0.510. The van der Waals surface area contributed by atoms with Crippen molar-refractivity contribution in [1.82, 2.24) is 0 Å². The Morgan fingerprint density at radius 1 is 0.477 bits per heavy atom. The number of carbonyl (C=O) groups is 7. The number of hydrogen-bond acceptors (Lipinski definition) is 18.